The van der Waals surface area contributed by atoms with Crippen LogP contribution in [0.5, 0.6) is 5.75 Å². The van der Waals surface area contributed by atoms with Crippen LogP contribution in [-0.4, -0.2) is 23.6 Å². The Bertz CT molecular complexity index is 738. The van der Waals surface area contributed by atoms with Crippen LogP contribution in [0.2, 0.25) is 0 Å². The van der Waals surface area contributed by atoms with Gasteiger partial charge in [0.15, 0.2) is 0 Å². The van der Waals surface area contributed by atoms with E-state index in [4.69, 9.17) is 9.84 Å². The molecule has 0 bridgehead atoms. The van der Waals surface area contributed by atoms with Gasteiger partial charge in [-0.2, -0.15) is 0 Å². The zero-order valence-electron chi connectivity index (χ0n) is 14.5. The van der Waals surface area contributed by atoms with Crippen LogP contribution in [0.4, 0.5) is 5.69 Å². The standard InChI is InChI=1S/C20H23NO4/c1-3-12-25-17-9-10-18(14(2)13-17)21-19(22)11-6-15-4-7-16(8-5-15)20(23)24/h4-5,7-10,13H,3,6,11-12H2,1-2H3,(H,21,22)(H,23,24). The second kappa shape index (κ2) is 8.87. The fourth-order valence-corrected chi connectivity index (χ4v) is 2.37. The van der Waals surface area contributed by atoms with Gasteiger partial charge in [0.05, 0.1) is 12.2 Å². The number of carboxylic acid groups (broad SMARTS) is 1. The average Bonchev–Trinajstić information content (AvgIpc) is 2.60. The highest BCUT2D eigenvalue weighted by atomic mass is 16.5. The van der Waals surface area contributed by atoms with E-state index < -0.39 is 5.97 Å². The predicted molar refractivity (Wildman–Crippen MR) is 97.3 cm³/mol. The molecule has 0 saturated heterocycles. The molecule has 0 heterocycles. The van der Waals surface area contributed by atoms with Crippen molar-refractivity contribution in [1.82, 2.24) is 0 Å². The van der Waals surface area contributed by atoms with Gasteiger partial charge in [-0.15, -0.1) is 0 Å². The van der Waals surface area contributed by atoms with Crippen molar-refractivity contribution < 1.29 is 19.4 Å². The second-order valence-electron chi connectivity index (χ2n) is 5.88. The number of aryl methyl sites for hydroxylation is 2. The first kappa shape index (κ1) is 18.5. The Balaban J connectivity index is 1.88. The van der Waals surface area contributed by atoms with Gasteiger partial charge in [0.1, 0.15) is 5.75 Å². The van der Waals surface area contributed by atoms with Gasteiger partial charge in [0, 0.05) is 12.1 Å². The molecule has 0 spiro atoms. The monoisotopic (exact) mass is 341 g/mol. The number of rotatable bonds is 8. The van der Waals surface area contributed by atoms with Crippen LogP contribution in [0.25, 0.3) is 0 Å². The number of nitrogens with one attached hydrogen (secondary N) is 1. The van der Waals surface area contributed by atoms with Gasteiger partial charge >= 0.3 is 5.97 Å². The Morgan fingerprint density at radius 2 is 1.84 bits per heavy atom. The maximum absolute atomic E-state index is 12.1. The maximum atomic E-state index is 12.1. The highest BCUT2D eigenvalue weighted by molar-refractivity contribution is 5.91. The molecular weight excluding hydrogens is 318 g/mol. The van der Waals surface area contributed by atoms with Gasteiger partial charge in [-0.3, -0.25) is 4.79 Å². The molecule has 0 radical (unpaired) electrons. The first-order valence-corrected chi connectivity index (χ1v) is 8.35. The number of carboxylic acids is 1. The average molecular weight is 341 g/mol. The van der Waals surface area contributed by atoms with E-state index >= 15 is 0 Å². The number of carbonyl (C=O) groups excluding carboxylic acids is 1. The zero-order valence-corrected chi connectivity index (χ0v) is 14.5. The molecular formula is C20H23NO4. The summed E-state index contributed by atoms with van der Waals surface area (Å²) >= 11 is 0. The molecule has 0 saturated carbocycles. The topological polar surface area (TPSA) is 75.6 Å². The smallest absolute Gasteiger partial charge is 0.335 e. The summed E-state index contributed by atoms with van der Waals surface area (Å²) in [5, 5.41) is 11.8. The molecule has 132 valence electrons. The SMILES string of the molecule is CCCOc1ccc(NC(=O)CCc2ccc(C(=O)O)cc2)c(C)c1. The molecule has 2 aromatic carbocycles. The predicted octanol–water partition coefficient (Wildman–Crippen LogP) is 4.05. The molecule has 2 aromatic rings. The normalized spacial score (nSPS) is 10.3. The fraction of sp³-hybridized carbons (Fsp3) is 0.300. The minimum Gasteiger partial charge on any atom is -0.494 e. The van der Waals surface area contributed by atoms with Gasteiger partial charge in [-0.25, -0.2) is 4.79 Å². The van der Waals surface area contributed by atoms with E-state index in [0.717, 1.165) is 29.0 Å². The number of aromatic carboxylic acids is 1. The molecule has 0 aliphatic carbocycles. The largest absolute Gasteiger partial charge is 0.494 e. The van der Waals surface area contributed by atoms with Crippen molar-refractivity contribution in [3.8, 4) is 5.75 Å². The van der Waals surface area contributed by atoms with Gasteiger partial charge in [0.25, 0.3) is 0 Å². The van der Waals surface area contributed by atoms with Crippen LogP contribution in [-0.2, 0) is 11.2 Å². The summed E-state index contributed by atoms with van der Waals surface area (Å²) in [6.07, 6.45) is 1.84. The van der Waals surface area contributed by atoms with Gasteiger partial charge in [-0.05, 0) is 61.2 Å². The van der Waals surface area contributed by atoms with Crippen LogP contribution in [0.1, 0.15) is 41.3 Å². The number of anilines is 1. The van der Waals surface area contributed by atoms with E-state index in [-0.39, 0.29) is 11.5 Å². The lowest BCUT2D eigenvalue weighted by Crippen LogP contribution is -2.13. The number of benzene rings is 2. The zero-order chi connectivity index (χ0) is 18.2. The Morgan fingerprint density at radius 1 is 1.12 bits per heavy atom. The van der Waals surface area contributed by atoms with Crippen molar-refractivity contribution in [2.24, 2.45) is 0 Å². The number of hydrogen-bond donors (Lipinski definition) is 2. The van der Waals surface area contributed by atoms with Crippen LogP contribution >= 0.6 is 0 Å². The Hall–Kier alpha value is -2.82. The molecule has 0 fully saturated rings. The molecule has 2 rings (SSSR count). The van der Waals surface area contributed by atoms with E-state index in [9.17, 15) is 9.59 Å². The van der Waals surface area contributed by atoms with Gasteiger partial charge in [0.2, 0.25) is 5.91 Å². The van der Waals surface area contributed by atoms with Crippen molar-refractivity contribution in [1.29, 1.82) is 0 Å². The summed E-state index contributed by atoms with van der Waals surface area (Å²) in [6.45, 7) is 4.65. The Morgan fingerprint density at radius 3 is 2.44 bits per heavy atom. The quantitative estimate of drug-likeness (QED) is 0.759. The summed E-state index contributed by atoms with van der Waals surface area (Å²) in [5.41, 5.74) is 2.90. The van der Waals surface area contributed by atoms with Crippen molar-refractivity contribution in [2.75, 3.05) is 11.9 Å². The first-order chi connectivity index (χ1) is 12.0. The minimum atomic E-state index is -0.953. The molecule has 2 N–H and O–H groups in total. The molecule has 0 unspecified atom stereocenters. The van der Waals surface area contributed by atoms with Crippen LogP contribution < -0.4 is 10.1 Å². The van der Waals surface area contributed by atoms with Gasteiger partial charge < -0.3 is 15.2 Å². The van der Waals surface area contributed by atoms with E-state index in [2.05, 4.69) is 12.2 Å². The lowest BCUT2D eigenvalue weighted by atomic mass is 10.1. The van der Waals surface area contributed by atoms with Crippen molar-refractivity contribution in [2.45, 2.75) is 33.1 Å². The molecule has 5 heteroatoms. The number of ether oxygens (including phenoxy) is 1. The molecule has 0 atom stereocenters. The summed E-state index contributed by atoms with van der Waals surface area (Å²) in [5.74, 6) is -0.227. The second-order valence-corrected chi connectivity index (χ2v) is 5.88. The summed E-state index contributed by atoms with van der Waals surface area (Å²) in [6, 6.07) is 12.2. The van der Waals surface area contributed by atoms with E-state index in [1.165, 1.54) is 0 Å². The third kappa shape index (κ3) is 5.64. The molecule has 0 aliphatic rings. The van der Waals surface area contributed by atoms with Crippen LogP contribution in [0.15, 0.2) is 42.5 Å². The van der Waals surface area contributed by atoms with E-state index in [1.54, 1.807) is 24.3 Å². The summed E-state index contributed by atoms with van der Waals surface area (Å²) in [4.78, 5) is 23.0. The number of amides is 1. The van der Waals surface area contributed by atoms with Crippen molar-refractivity contribution in [3.05, 3.63) is 59.2 Å². The molecule has 0 aliphatic heterocycles. The highest BCUT2D eigenvalue weighted by Crippen LogP contribution is 2.22. The highest BCUT2D eigenvalue weighted by Gasteiger charge is 2.07. The molecule has 1 amide bonds. The third-order valence-electron chi connectivity index (χ3n) is 3.79. The minimum absolute atomic E-state index is 0.0763. The number of hydrogen-bond acceptors (Lipinski definition) is 3. The molecule has 25 heavy (non-hydrogen) atoms. The fourth-order valence-electron chi connectivity index (χ4n) is 2.37. The van der Waals surface area contributed by atoms with Crippen LogP contribution in [0.3, 0.4) is 0 Å². The third-order valence-corrected chi connectivity index (χ3v) is 3.79. The van der Waals surface area contributed by atoms with E-state index in [0.29, 0.717) is 19.4 Å². The molecule has 0 aromatic heterocycles. The number of carbonyl (C=O) groups is 2. The lowest BCUT2D eigenvalue weighted by molar-refractivity contribution is -0.116. The van der Waals surface area contributed by atoms with Crippen LogP contribution in [0, 0.1) is 6.92 Å². The lowest BCUT2D eigenvalue weighted by Gasteiger charge is -2.11. The molecule has 5 nitrogen and oxygen atoms in total. The van der Waals surface area contributed by atoms with E-state index in [1.807, 2.05) is 25.1 Å². The summed E-state index contributed by atoms with van der Waals surface area (Å²) < 4.78 is 5.57. The Kier molecular flexibility index (Phi) is 6.57. The summed E-state index contributed by atoms with van der Waals surface area (Å²) in [7, 11) is 0. The van der Waals surface area contributed by atoms with Gasteiger partial charge in [-0.1, -0.05) is 19.1 Å². The van der Waals surface area contributed by atoms with Crippen molar-refractivity contribution in [3.63, 3.8) is 0 Å². The Labute approximate surface area is 147 Å². The van der Waals surface area contributed by atoms with Crippen molar-refractivity contribution >= 4 is 17.6 Å². The maximum Gasteiger partial charge on any atom is 0.335 e. The first-order valence-electron chi connectivity index (χ1n) is 8.35.